The van der Waals surface area contributed by atoms with Gasteiger partial charge in [-0.25, -0.2) is 9.13 Å². The predicted octanol–water partition coefficient (Wildman–Crippen LogP) is 21.4. The molecule has 0 rings (SSSR count). The van der Waals surface area contributed by atoms with E-state index in [1.807, 2.05) is 0 Å². The van der Waals surface area contributed by atoms with Crippen molar-refractivity contribution in [2.75, 3.05) is 39.6 Å². The smallest absolute Gasteiger partial charge is 0.462 e. The van der Waals surface area contributed by atoms with Crippen LogP contribution >= 0.6 is 15.6 Å². The molecule has 0 aliphatic rings. The van der Waals surface area contributed by atoms with E-state index in [2.05, 4.69) is 48.5 Å². The molecule has 7 atom stereocenters. The highest BCUT2D eigenvalue weighted by Crippen LogP contribution is 2.45. The Morgan fingerprint density at radius 1 is 0.312 bits per heavy atom. The summed E-state index contributed by atoms with van der Waals surface area (Å²) in [5.74, 6) is 0.134. The quantitative estimate of drug-likeness (QED) is 0.0222. The number of phosphoric acid groups is 2. The van der Waals surface area contributed by atoms with Crippen LogP contribution in [0.5, 0.6) is 0 Å². The van der Waals surface area contributed by atoms with E-state index in [0.717, 1.165) is 108 Å². The van der Waals surface area contributed by atoms with Crippen LogP contribution in [-0.2, 0) is 65.4 Å². The van der Waals surface area contributed by atoms with Gasteiger partial charge in [-0.15, -0.1) is 0 Å². The number of carbonyl (C=O) groups excluding carboxylic acids is 4. The second kappa shape index (κ2) is 64.7. The van der Waals surface area contributed by atoms with E-state index >= 15 is 0 Å². The molecule has 19 heteroatoms. The predicted molar refractivity (Wildman–Crippen MR) is 377 cm³/mol. The summed E-state index contributed by atoms with van der Waals surface area (Å²) in [5.41, 5.74) is 0. The summed E-state index contributed by atoms with van der Waals surface area (Å²) in [6.07, 6.45) is 50.0. The average Bonchev–Trinajstić information content (AvgIpc) is 2.18. The summed E-state index contributed by atoms with van der Waals surface area (Å²) >= 11 is 0. The highest BCUT2D eigenvalue weighted by atomic mass is 31.2. The van der Waals surface area contributed by atoms with Crippen LogP contribution in [-0.4, -0.2) is 96.7 Å². The molecule has 0 spiro atoms. The van der Waals surface area contributed by atoms with E-state index < -0.39 is 97.5 Å². The van der Waals surface area contributed by atoms with E-state index in [4.69, 9.17) is 37.0 Å². The Bertz CT molecular complexity index is 1820. The van der Waals surface area contributed by atoms with Crippen LogP contribution in [0.3, 0.4) is 0 Å². The van der Waals surface area contributed by atoms with Crippen LogP contribution in [0.25, 0.3) is 0 Å². The first kappa shape index (κ1) is 91.1. The molecule has 0 heterocycles. The van der Waals surface area contributed by atoms with Gasteiger partial charge in [0.1, 0.15) is 19.3 Å². The number of phosphoric ester groups is 2. The molecule has 0 aromatic carbocycles. The number of carbonyl (C=O) groups is 4. The van der Waals surface area contributed by atoms with Gasteiger partial charge in [-0.2, -0.15) is 0 Å². The van der Waals surface area contributed by atoms with Crippen LogP contribution < -0.4 is 0 Å². The van der Waals surface area contributed by atoms with Gasteiger partial charge in [-0.05, 0) is 43.4 Å². The van der Waals surface area contributed by atoms with E-state index in [9.17, 15) is 43.2 Å². The van der Waals surface area contributed by atoms with Crippen LogP contribution in [0.4, 0.5) is 0 Å². The van der Waals surface area contributed by atoms with Gasteiger partial charge in [0.2, 0.25) is 0 Å². The fourth-order valence-electron chi connectivity index (χ4n) is 11.2. The molecule has 0 bridgehead atoms. The van der Waals surface area contributed by atoms with Crippen LogP contribution in [0, 0.1) is 17.8 Å². The fraction of sp³-hybridized carbons (Fsp3) is 0.946. The largest absolute Gasteiger partial charge is 0.472 e. The first-order valence-corrected chi connectivity index (χ1v) is 41.4. The number of hydrogen-bond acceptors (Lipinski definition) is 15. The maximum absolute atomic E-state index is 13.1. The molecular weight excluding hydrogens is 1220 g/mol. The van der Waals surface area contributed by atoms with Crippen LogP contribution in [0.1, 0.15) is 376 Å². The SMILES string of the molecule is CCCCCCCCCCCCCCCCCCCCC(=O)O[C@H](COC(=O)CCCCCCCCCCCCC(C)CC)COP(=O)(O)OC[C@@H](O)COP(=O)(O)OC[C@@H](COC(=O)CCCCCCCCC(C)C)OC(=O)CCCCCCCCCCC(C)CC. The van der Waals surface area contributed by atoms with Crippen molar-refractivity contribution in [2.45, 2.75) is 394 Å². The normalized spacial score (nSPS) is 14.7. The van der Waals surface area contributed by atoms with Gasteiger partial charge in [-0.3, -0.25) is 37.3 Å². The van der Waals surface area contributed by atoms with Crippen molar-refractivity contribution in [1.82, 2.24) is 0 Å². The minimum absolute atomic E-state index is 0.104. The first-order valence-electron chi connectivity index (χ1n) is 38.4. The summed E-state index contributed by atoms with van der Waals surface area (Å²) in [6.45, 7) is 11.8. The van der Waals surface area contributed by atoms with E-state index in [-0.39, 0.29) is 25.7 Å². The molecule has 17 nitrogen and oxygen atoms in total. The molecule has 0 aliphatic heterocycles. The molecule has 0 aliphatic carbocycles. The Kier molecular flexibility index (Phi) is 63.4. The number of hydrogen-bond donors (Lipinski definition) is 3. The Morgan fingerprint density at radius 2 is 0.548 bits per heavy atom. The first-order chi connectivity index (χ1) is 44.8. The summed E-state index contributed by atoms with van der Waals surface area (Å²) in [6, 6.07) is 0. The van der Waals surface area contributed by atoms with Crippen molar-refractivity contribution in [3.05, 3.63) is 0 Å². The molecule has 3 N–H and O–H groups in total. The number of aliphatic hydroxyl groups excluding tert-OH is 1. The summed E-state index contributed by atoms with van der Waals surface area (Å²) in [4.78, 5) is 72.7. The van der Waals surface area contributed by atoms with Gasteiger partial charge in [0.15, 0.2) is 12.2 Å². The van der Waals surface area contributed by atoms with Gasteiger partial charge in [0.05, 0.1) is 26.4 Å². The number of unbranched alkanes of at least 4 members (excludes halogenated alkanes) is 38. The number of aliphatic hydroxyl groups is 1. The average molecular weight is 1370 g/mol. The molecule has 0 aromatic rings. The summed E-state index contributed by atoms with van der Waals surface area (Å²) in [7, 11) is -9.91. The van der Waals surface area contributed by atoms with Gasteiger partial charge in [-0.1, -0.05) is 325 Å². The number of esters is 4. The lowest BCUT2D eigenvalue weighted by molar-refractivity contribution is -0.161. The fourth-order valence-corrected chi connectivity index (χ4v) is 12.8. The van der Waals surface area contributed by atoms with Crippen molar-refractivity contribution < 1.29 is 80.2 Å². The molecule has 0 saturated heterocycles. The third-order valence-electron chi connectivity index (χ3n) is 17.9. The molecule has 0 amide bonds. The maximum Gasteiger partial charge on any atom is 0.472 e. The topological polar surface area (TPSA) is 237 Å². The standard InChI is InChI=1S/C74H144O17P2/c1-8-11-12-13-14-15-16-17-18-19-20-21-22-23-28-34-43-50-57-73(78)90-69(61-84-71(76)55-48-41-33-27-25-24-26-31-39-46-53-66(6)9-2)63-88-92(80,81)86-59-68(75)60-87-93(82,83)89-64-70(62-85-72(77)56-49-42-37-36-38-45-52-65(4)5)91-74(79)58-51-44-35-30-29-32-40-47-54-67(7)10-3/h65-70,75H,8-64H2,1-7H3,(H,80,81)(H,82,83)/t66?,67?,68-,69-,70-/m1/s1. The second-order valence-electron chi connectivity index (χ2n) is 27.6. The Balaban J connectivity index is 5.24. The zero-order chi connectivity index (χ0) is 68.7. The van der Waals surface area contributed by atoms with Crippen LogP contribution in [0.2, 0.25) is 0 Å². The zero-order valence-corrected chi connectivity index (χ0v) is 62.5. The van der Waals surface area contributed by atoms with E-state index in [1.54, 1.807) is 0 Å². The summed E-state index contributed by atoms with van der Waals surface area (Å²) < 4.78 is 68.4. The second-order valence-corrected chi connectivity index (χ2v) is 30.6. The highest BCUT2D eigenvalue weighted by Gasteiger charge is 2.30. The minimum Gasteiger partial charge on any atom is -0.462 e. The van der Waals surface area contributed by atoms with Crippen LogP contribution in [0.15, 0.2) is 0 Å². The van der Waals surface area contributed by atoms with Crippen molar-refractivity contribution in [1.29, 1.82) is 0 Å². The number of rotatable bonds is 72. The lowest BCUT2D eigenvalue weighted by Gasteiger charge is -2.21. The highest BCUT2D eigenvalue weighted by molar-refractivity contribution is 7.47. The third kappa shape index (κ3) is 65.8. The lowest BCUT2D eigenvalue weighted by Crippen LogP contribution is -2.30. The minimum atomic E-state index is -4.96. The van der Waals surface area contributed by atoms with Gasteiger partial charge in [0.25, 0.3) is 0 Å². The van der Waals surface area contributed by atoms with E-state index in [1.165, 1.54) is 180 Å². The van der Waals surface area contributed by atoms with Crippen molar-refractivity contribution in [3.8, 4) is 0 Å². The molecule has 0 radical (unpaired) electrons. The third-order valence-corrected chi connectivity index (χ3v) is 19.8. The molecule has 0 aromatic heterocycles. The van der Waals surface area contributed by atoms with Gasteiger partial charge >= 0.3 is 39.5 Å². The van der Waals surface area contributed by atoms with E-state index in [0.29, 0.717) is 31.6 Å². The maximum atomic E-state index is 13.1. The van der Waals surface area contributed by atoms with Crippen molar-refractivity contribution in [2.24, 2.45) is 17.8 Å². The molecule has 0 saturated carbocycles. The summed E-state index contributed by atoms with van der Waals surface area (Å²) in [5, 5.41) is 10.6. The van der Waals surface area contributed by atoms with Gasteiger partial charge in [0, 0.05) is 25.7 Å². The Morgan fingerprint density at radius 3 is 0.817 bits per heavy atom. The monoisotopic (exact) mass is 1370 g/mol. The molecule has 0 fully saturated rings. The van der Waals surface area contributed by atoms with Gasteiger partial charge < -0.3 is 33.8 Å². The lowest BCUT2D eigenvalue weighted by atomic mass is 9.99. The number of ether oxygens (including phenoxy) is 4. The molecular formula is C74H144O17P2. The van der Waals surface area contributed by atoms with Crippen molar-refractivity contribution in [3.63, 3.8) is 0 Å². The molecule has 552 valence electrons. The van der Waals surface area contributed by atoms with Crippen molar-refractivity contribution >= 4 is 39.5 Å². The molecule has 93 heavy (non-hydrogen) atoms. The Hall–Kier alpha value is -1.94. The molecule has 4 unspecified atom stereocenters. The zero-order valence-electron chi connectivity index (χ0n) is 60.7. The Labute approximate surface area is 568 Å².